The minimum atomic E-state index is -0.124. The number of hydrogen-bond donors (Lipinski definition) is 0. The van der Waals surface area contributed by atoms with Crippen molar-refractivity contribution in [1.29, 1.82) is 0 Å². The Morgan fingerprint density at radius 3 is 2.67 bits per heavy atom. The molecule has 0 radical (unpaired) electrons. The van der Waals surface area contributed by atoms with E-state index >= 15 is 0 Å². The van der Waals surface area contributed by atoms with Crippen LogP contribution in [0.25, 0.3) is 0 Å². The van der Waals surface area contributed by atoms with Crippen molar-refractivity contribution in [2.24, 2.45) is 11.3 Å². The van der Waals surface area contributed by atoms with Crippen molar-refractivity contribution in [3.05, 3.63) is 34.9 Å². The molecule has 0 N–H and O–H groups in total. The van der Waals surface area contributed by atoms with Crippen molar-refractivity contribution in [3.8, 4) is 0 Å². The standard InChI is InChI=1S/C20H28O/c1-14(2)15-6-8-17-16(12-15)7-9-18-19(3,13-21)10-5-11-20(17,18)4/h6,8,12-14,18H,5,7,9-11H2,1-4H3/t18?,19-,20-/m1/s1. The van der Waals surface area contributed by atoms with Gasteiger partial charge in [0.2, 0.25) is 0 Å². The molecule has 1 saturated carbocycles. The Morgan fingerprint density at radius 1 is 1.24 bits per heavy atom. The lowest BCUT2D eigenvalue weighted by Crippen LogP contribution is -2.49. The van der Waals surface area contributed by atoms with E-state index in [1.54, 1.807) is 0 Å². The first kappa shape index (κ1) is 14.8. The third-order valence-electron chi connectivity index (χ3n) is 6.36. The summed E-state index contributed by atoms with van der Waals surface area (Å²) in [4.78, 5) is 11.7. The van der Waals surface area contributed by atoms with Gasteiger partial charge in [-0.2, -0.15) is 0 Å². The van der Waals surface area contributed by atoms with Crippen LogP contribution in [-0.4, -0.2) is 6.29 Å². The van der Waals surface area contributed by atoms with Gasteiger partial charge in [0.1, 0.15) is 6.29 Å². The van der Waals surface area contributed by atoms with E-state index in [-0.39, 0.29) is 10.8 Å². The molecule has 1 aromatic rings. The summed E-state index contributed by atoms with van der Waals surface area (Å²) >= 11 is 0. The molecule has 2 aliphatic carbocycles. The fourth-order valence-electron chi connectivity index (χ4n) is 5.06. The minimum Gasteiger partial charge on any atom is -0.303 e. The zero-order chi connectivity index (χ0) is 15.3. The molecule has 0 spiro atoms. The summed E-state index contributed by atoms with van der Waals surface area (Å²) in [5.74, 6) is 1.10. The van der Waals surface area contributed by atoms with Crippen molar-refractivity contribution >= 4 is 6.29 Å². The number of fused-ring (bicyclic) bond motifs is 3. The predicted molar refractivity (Wildman–Crippen MR) is 87.7 cm³/mol. The fraction of sp³-hybridized carbons (Fsp3) is 0.650. The number of benzene rings is 1. The van der Waals surface area contributed by atoms with Gasteiger partial charge in [-0.1, -0.05) is 52.3 Å². The van der Waals surface area contributed by atoms with Crippen LogP contribution in [0.3, 0.4) is 0 Å². The Kier molecular flexibility index (Phi) is 3.50. The number of aryl methyl sites for hydroxylation is 1. The lowest BCUT2D eigenvalue weighted by atomic mass is 9.50. The number of aldehydes is 1. The maximum absolute atomic E-state index is 11.7. The molecule has 1 unspecified atom stereocenters. The average molecular weight is 284 g/mol. The highest BCUT2D eigenvalue weighted by Crippen LogP contribution is 2.56. The number of hydrogen-bond acceptors (Lipinski definition) is 1. The number of carbonyl (C=O) groups is 1. The van der Waals surface area contributed by atoms with Gasteiger partial charge in [-0.25, -0.2) is 0 Å². The first-order valence-corrected chi connectivity index (χ1v) is 8.50. The number of rotatable bonds is 2. The topological polar surface area (TPSA) is 17.1 Å². The van der Waals surface area contributed by atoms with E-state index in [0.717, 1.165) is 12.8 Å². The second-order valence-electron chi connectivity index (χ2n) is 8.06. The van der Waals surface area contributed by atoms with Crippen molar-refractivity contribution in [2.45, 2.75) is 71.1 Å². The zero-order valence-electron chi connectivity index (χ0n) is 13.9. The van der Waals surface area contributed by atoms with E-state index in [0.29, 0.717) is 11.8 Å². The van der Waals surface area contributed by atoms with Gasteiger partial charge in [0, 0.05) is 5.41 Å². The Morgan fingerprint density at radius 2 is 2.00 bits per heavy atom. The van der Waals surface area contributed by atoms with Gasteiger partial charge in [0.15, 0.2) is 0 Å². The molecule has 21 heavy (non-hydrogen) atoms. The van der Waals surface area contributed by atoms with Crippen LogP contribution in [0.15, 0.2) is 18.2 Å². The summed E-state index contributed by atoms with van der Waals surface area (Å²) in [6, 6.07) is 7.10. The molecule has 0 heterocycles. The first-order valence-electron chi connectivity index (χ1n) is 8.50. The maximum Gasteiger partial charge on any atom is 0.126 e. The Hall–Kier alpha value is -1.11. The molecule has 3 rings (SSSR count). The smallest absolute Gasteiger partial charge is 0.126 e. The van der Waals surface area contributed by atoms with E-state index in [9.17, 15) is 4.79 Å². The van der Waals surface area contributed by atoms with Gasteiger partial charge in [-0.3, -0.25) is 0 Å². The highest BCUT2D eigenvalue weighted by Gasteiger charge is 2.51. The van der Waals surface area contributed by atoms with Gasteiger partial charge in [-0.05, 0) is 59.6 Å². The highest BCUT2D eigenvalue weighted by molar-refractivity contribution is 5.61. The third-order valence-corrected chi connectivity index (χ3v) is 6.36. The average Bonchev–Trinajstić information content (AvgIpc) is 2.46. The summed E-state index contributed by atoms with van der Waals surface area (Å²) in [5, 5.41) is 0. The molecule has 3 atom stereocenters. The van der Waals surface area contributed by atoms with Crippen LogP contribution in [-0.2, 0) is 16.6 Å². The zero-order valence-corrected chi connectivity index (χ0v) is 13.9. The molecular weight excluding hydrogens is 256 g/mol. The molecule has 2 aliphatic rings. The predicted octanol–water partition coefficient (Wildman–Crippen LogP) is 5.02. The Balaban J connectivity index is 2.07. The fourth-order valence-corrected chi connectivity index (χ4v) is 5.06. The van der Waals surface area contributed by atoms with Gasteiger partial charge < -0.3 is 4.79 Å². The molecule has 0 aromatic heterocycles. The molecular formula is C20H28O. The van der Waals surface area contributed by atoms with E-state index < -0.39 is 0 Å². The monoisotopic (exact) mass is 284 g/mol. The molecule has 0 amide bonds. The van der Waals surface area contributed by atoms with Crippen LogP contribution in [0.2, 0.25) is 0 Å². The van der Waals surface area contributed by atoms with Gasteiger partial charge in [0.25, 0.3) is 0 Å². The normalized spacial score (nSPS) is 35.2. The van der Waals surface area contributed by atoms with Crippen molar-refractivity contribution in [1.82, 2.24) is 0 Å². The molecule has 0 bridgehead atoms. The quantitative estimate of drug-likeness (QED) is 0.697. The largest absolute Gasteiger partial charge is 0.303 e. The lowest BCUT2D eigenvalue weighted by Gasteiger charge is -2.53. The van der Waals surface area contributed by atoms with Crippen LogP contribution in [0.4, 0.5) is 0 Å². The second kappa shape index (κ2) is 4.97. The summed E-state index contributed by atoms with van der Waals surface area (Å²) in [7, 11) is 0. The van der Waals surface area contributed by atoms with Gasteiger partial charge in [0.05, 0.1) is 0 Å². The molecule has 1 nitrogen and oxygen atoms in total. The third kappa shape index (κ3) is 2.17. The van der Waals surface area contributed by atoms with E-state index in [4.69, 9.17) is 0 Å². The Labute approximate surface area is 129 Å². The lowest BCUT2D eigenvalue weighted by molar-refractivity contribution is -0.123. The van der Waals surface area contributed by atoms with E-state index in [2.05, 4.69) is 45.9 Å². The molecule has 114 valence electrons. The SMILES string of the molecule is CC(C)c1ccc2c(c1)CCC1[C@@](C)(C=O)CCC[C@]21C. The molecule has 0 saturated heterocycles. The van der Waals surface area contributed by atoms with Crippen molar-refractivity contribution in [3.63, 3.8) is 0 Å². The summed E-state index contributed by atoms with van der Waals surface area (Å²) < 4.78 is 0. The van der Waals surface area contributed by atoms with Crippen LogP contribution in [0.5, 0.6) is 0 Å². The molecule has 1 heteroatoms. The van der Waals surface area contributed by atoms with E-state index in [1.165, 1.54) is 42.2 Å². The highest BCUT2D eigenvalue weighted by atomic mass is 16.1. The molecule has 0 aliphatic heterocycles. The van der Waals surface area contributed by atoms with Crippen molar-refractivity contribution in [2.75, 3.05) is 0 Å². The van der Waals surface area contributed by atoms with Gasteiger partial charge in [-0.15, -0.1) is 0 Å². The Bertz CT molecular complexity index is 559. The van der Waals surface area contributed by atoms with Crippen molar-refractivity contribution < 1.29 is 4.79 Å². The molecule has 1 fully saturated rings. The maximum atomic E-state index is 11.7. The minimum absolute atomic E-state index is 0.124. The van der Waals surface area contributed by atoms with E-state index in [1.807, 2.05) is 0 Å². The summed E-state index contributed by atoms with van der Waals surface area (Å²) in [5.41, 5.74) is 4.58. The number of carbonyl (C=O) groups excluding carboxylic acids is 1. The molecule has 1 aromatic carbocycles. The first-order chi connectivity index (χ1) is 9.90. The van der Waals surface area contributed by atoms with Crippen LogP contribution in [0, 0.1) is 11.3 Å². The summed E-state index contributed by atoms with van der Waals surface area (Å²) in [6.07, 6.45) is 7.03. The van der Waals surface area contributed by atoms with Crippen LogP contribution >= 0.6 is 0 Å². The van der Waals surface area contributed by atoms with Gasteiger partial charge >= 0.3 is 0 Å². The van der Waals surface area contributed by atoms with Crippen LogP contribution in [0.1, 0.15) is 76.0 Å². The van der Waals surface area contributed by atoms with Crippen LogP contribution < -0.4 is 0 Å². The summed E-state index contributed by atoms with van der Waals surface area (Å²) in [6.45, 7) is 9.12. The second-order valence-corrected chi connectivity index (χ2v) is 8.06.